The first kappa shape index (κ1) is 25.5. The van der Waals surface area contributed by atoms with Gasteiger partial charge in [-0.25, -0.2) is 4.79 Å². The Morgan fingerprint density at radius 1 is 1.11 bits per heavy atom. The molecule has 1 N–H and O–H groups in total. The van der Waals surface area contributed by atoms with Crippen molar-refractivity contribution >= 4 is 34.5 Å². The lowest BCUT2D eigenvalue weighted by Crippen LogP contribution is -2.45. The molecule has 3 atom stereocenters. The van der Waals surface area contributed by atoms with Gasteiger partial charge in [-0.3, -0.25) is 19.6 Å². The number of fused-ring (bicyclic) bond motifs is 1. The number of piperidine rings is 3. The lowest BCUT2D eigenvalue weighted by molar-refractivity contribution is -0.134. The Hall–Kier alpha value is -3.10. The number of carbonyl (C=O) groups excluding carboxylic acids is 3. The van der Waals surface area contributed by atoms with E-state index < -0.39 is 0 Å². The highest BCUT2D eigenvalue weighted by atomic mass is 16.6. The van der Waals surface area contributed by atoms with Crippen LogP contribution in [0.5, 0.6) is 0 Å². The summed E-state index contributed by atoms with van der Waals surface area (Å²) >= 11 is 0. The number of hydrogen-bond donors (Lipinski definition) is 1. The molecule has 3 fully saturated rings. The van der Waals surface area contributed by atoms with Crippen LogP contribution in [0.25, 0.3) is 10.9 Å². The Bertz CT molecular complexity index is 1170. The fraction of sp³-hybridized carbons (Fsp3) is 0.643. The standard InChI is InChI=1S/C28H39N5O4/c1-4-37-28(36)33-14-11-20(15-18(33)2)16-19-9-12-32(13-10-19)21-5-6-22-24(17-21)31(3)30-26(22)23-7-8-25(34)29-27(23)35/h5-6,17-20,23H,4,7-16H2,1-3H3,(H,29,34,35)/t18-,20+,23?/m0/s1. The highest BCUT2D eigenvalue weighted by Gasteiger charge is 2.33. The van der Waals surface area contributed by atoms with Gasteiger partial charge in [-0.15, -0.1) is 0 Å². The summed E-state index contributed by atoms with van der Waals surface area (Å²) in [6.07, 6.45) is 6.41. The third kappa shape index (κ3) is 5.31. The van der Waals surface area contributed by atoms with Crippen LogP contribution in [0.1, 0.15) is 70.4 Å². The van der Waals surface area contributed by atoms with Crippen LogP contribution in [0.4, 0.5) is 10.5 Å². The zero-order chi connectivity index (χ0) is 26.1. The lowest BCUT2D eigenvalue weighted by Gasteiger charge is -2.40. The van der Waals surface area contributed by atoms with Gasteiger partial charge in [0.15, 0.2) is 0 Å². The molecular weight excluding hydrogens is 470 g/mol. The second-order valence-electron chi connectivity index (χ2n) is 11.0. The van der Waals surface area contributed by atoms with Crippen LogP contribution >= 0.6 is 0 Å². The molecule has 0 bridgehead atoms. The summed E-state index contributed by atoms with van der Waals surface area (Å²) in [5, 5.41) is 8.12. The molecule has 0 aliphatic carbocycles. The number of nitrogens with zero attached hydrogens (tertiary/aromatic N) is 4. The minimum Gasteiger partial charge on any atom is -0.450 e. The van der Waals surface area contributed by atoms with Gasteiger partial charge in [0, 0.05) is 50.2 Å². The Morgan fingerprint density at radius 3 is 2.57 bits per heavy atom. The number of ether oxygens (including phenoxy) is 1. The molecule has 3 aliphatic heterocycles. The second kappa shape index (κ2) is 10.7. The van der Waals surface area contributed by atoms with Gasteiger partial charge < -0.3 is 14.5 Å². The molecule has 200 valence electrons. The number of nitrogens with one attached hydrogen (secondary N) is 1. The third-order valence-corrected chi connectivity index (χ3v) is 8.57. The van der Waals surface area contributed by atoms with E-state index in [0.29, 0.717) is 25.4 Å². The molecule has 0 saturated carbocycles. The predicted octanol–water partition coefficient (Wildman–Crippen LogP) is 3.96. The fourth-order valence-corrected chi connectivity index (χ4v) is 6.54. The van der Waals surface area contributed by atoms with Crippen LogP contribution in [0, 0.1) is 11.8 Å². The quantitative estimate of drug-likeness (QED) is 0.613. The highest BCUT2D eigenvalue weighted by molar-refractivity contribution is 6.02. The predicted molar refractivity (Wildman–Crippen MR) is 141 cm³/mol. The summed E-state index contributed by atoms with van der Waals surface area (Å²) in [5.74, 6) is 0.568. The summed E-state index contributed by atoms with van der Waals surface area (Å²) in [7, 11) is 1.92. The van der Waals surface area contributed by atoms with E-state index in [1.165, 1.54) is 24.9 Å². The number of likely N-dealkylation sites (tertiary alicyclic amines) is 1. The molecule has 5 rings (SSSR count). The van der Waals surface area contributed by atoms with Crippen molar-refractivity contribution in [2.75, 3.05) is 31.1 Å². The van der Waals surface area contributed by atoms with Crippen molar-refractivity contribution in [1.29, 1.82) is 0 Å². The highest BCUT2D eigenvalue weighted by Crippen LogP contribution is 2.36. The molecule has 1 unspecified atom stereocenters. The van der Waals surface area contributed by atoms with Crippen molar-refractivity contribution in [2.45, 2.75) is 70.8 Å². The molecule has 0 radical (unpaired) electrons. The van der Waals surface area contributed by atoms with Crippen LogP contribution in [0.2, 0.25) is 0 Å². The smallest absolute Gasteiger partial charge is 0.409 e. The summed E-state index contributed by atoms with van der Waals surface area (Å²) < 4.78 is 7.07. The van der Waals surface area contributed by atoms with E-state index in [-0.39, 0.29) is 29.9 Å². The number of amides is 3. The molecule has 3 saturated heterocycles. The average Bonchev–Trinajstić information content (AvgIpc) is 3.20. The molecule has 9 heteroatoms. The minimum absolute atomic E-state index is 0.170. The molecule has 3 amide bonds. The number of aryl methyl sites for hydroxylation is 1. The number of aromatic nitrogens is 2. The van der Waals surface area contributed by atoms with Crippen molar-refractivity contribution < 1.29 is 19.1 Å². The van der Waals surface area contributed by atoms with Gasteiger partial charge in [0.2, 0.25) is 11.8 Å². The maximum atomic E-state index is 12.4. The van der Waals surface area contributed by atoms with Crippen LogP contribution in [0.15, 0.2) is 18.2 Å². The van der Waals surface area contributed by atoms with Gasteiger partial charge in [-0.2, -0.15) is 5.10 Å². The van der Waals surface area contributed by atoms with Gasteiger partial charge in [0.1, 0.15) is 0 Å². The molecule has 3 aliphatic rings. The number of rotatable bonds is 5. The average molecular weight is 510 g/mol. The third-order valence-electron chi connectivity index (χ3n) is 8.57. The molecule has 0 spiro atoms. The van der Waals surface area contributed by atoms with E-state index >= 15 is 0 Å². The number of hydrogen-bond acceptors (Lipinski definition) is 6. The first-order chi connectivity index (χ1) is 17.8. The lowest BCUT2D eigenvalue weighted by atomic mass is 9.81. The van der Waals surface area contributed by atoms with Gasteiger partial charge in [0.05, 0.1) is 23.7 Å². The van der Waals surface area contributed by atoms with Gasteiger partial charge in [0.25, 0.3) is 0 Å². The summed E-state index contributed by atoms with van der Waals surface area (Å²) in [4.78, 5) is 40.5. The first-order valence-corrected chi connectivity index (χ1v) is 13.8. The molecule has 9 nitrogen and oxygen atoms in total. The first-order valence-electron chi connectivity index (χ1n) is 13.8. The van der Waals surface area contributed by atoms with Crippen LogP contribution in [0.3, 0.4) is 0 Å². The van der Waals surface area contributed by atoms with E-state index in [9.17, 15) is 14.4 Å². The van der Waals surface area contributed by atoms with Crippen LogP contribution in [-0.4, -0.2) is 64.9 Å². The van der Waals surface area contributed by atoms with E-state index in [4.69, 9.17) is 4.74 Å². The summed E-state index contributed by atoms with van der Waals surface area (Å²) in [6.45, 7) is 7.30. The Kier molecular flexibility index (Phi) is 7.40. The van der Waals surface area contributed by atoms with Crippen molar-refractivity contribution in [2.24, 2.45) is 18.9 Å². The van der Waals surface area contributed by atoms with Crippen molar-refractivity contribution in [3.63, 3.8) is 0 Å². The van der Waals surface area contributed by atoms with E-state index in [2.05, 4.69) is 40.4 Å². The van der Waals surface area contributed by atoms with Crippen LogP contribution < -0.4 is 10.2 Å². The number of anilines is 1. The van der Waals surface area contributed by atoms with Crippen molar-refractivity contribution in [3.05, 3.63) is 23.9 Å². The van der Waals surface area contributed by atoms with Crippen LogP contribution in [-0.2, 0) is 21.4 Å². The maximum absolute atomic E-state index is 12.4. The number of benzene rings is 1. The maximum Gasteiger partial charge on any atom is 0.409 e. The molecular formula is C28H39N5O4. The normalized spacial score (nSPS) is 25.4. The van der Waals surface area contributed by atoms with E-state index in [1.54, 1.807) is 0 Å². The zero-order valence-electron chi connectivity index (χ0n) is 22.2. The molecule has 2 aromatic rings. The minimum atomic E-state index is -0.380. The molecule has 1 aromatic heterocycles. The van der Waals surface area contributed by atoms with Gasteiger partial charge >= 0.3 is 6.09 Å². The topological polar surface area (TPSA) is 96.8 Å². The van der Waals surface area contributed by atoms with Gasteiger partial charge in [-0.05, 0) is 82.4 Å². The molecule has 1 aromatic carbocycles. The second-order valence-corrected chi connectivity index (χ2v) is 11.0. The zero-order valence-corrected chi connectivity index (χ0v) is 22.2. The number of carbonyl (C=O) groups is 3. The van der Waals surface area contributed by atoms with E-state index in [0.717, 1.165) is 55.0 Å². The summed E-state index contributed by atoms with van der Waals surface area (Å²) in [5.41, 5.74) is 2.97. The fourth-order valence-electron chi connectivity index (χ4n) is 6.54. The SMILES string of the molecule is CCOC(=O)N1CC[C@@H](CC2CCN(c3ccc4c(C5CCC(=O)NC5=O)nn(C)c4c3)CC2)C[C@@H]1C. The van der Waals surface area contributed by atoms with Crippen molar-refractivity contribution in [1.82, 2.24) is 20.0 Å². The molecule has 4 heterocycles. The van der Waals surface area contributed by atoms with Gasteiger partial charge in [-0.1, -0.05) is 0 Å². The Morgan fingerprint density at radius 2 is 1.86 bits per heavy atom. The molecule has 37 heavy (non-hydrogen) atoms. The number of imide groups is 1. The Labute approximate surface area is 218 Å². The monoisotopic (exact) mass is 509 g/mol. The summed E-state index contributed by atoms with van der Waals surface area (Å²) in [6, 6.07) is 6.66. The van der Waals surface area contributed by atoms with E-state index in [1.807, 2.05) is 23.6 Å². The van der Waals surface area contributed by atoms with Crippen molar-refractivity contribution in [3.8, 4) is 0 Å². The largest absolute Gasteiger partial charge is 0.450 e. The Balaban J connectivity index is 1.18.